The molecule has 0 bridgehead atoms. The van der Waals surface area contributed by atoms with Crippen molar-refractivity contribution in [2.24, 2.45) is 0 Å². The van der Waals surface area contributed by atoms with Crippen LogP contribution in [0.5, 0.6) is 0 Å². The van der Waals surface area contributed by atoms with Gasteiger partial charge in [-0.1, -0.05) is 6.07 Å². The van der Waals surface area contributed by atoms with E-state index in [-0.39, 0.29) is 6.29 Å². The molecule has 0 saturated carbocycles. The molecule has 1 N–H and O–H groups in total. The maximum absolute atomic E-state index is 11.0. The van der Waals surface area contributed by atoms with Crippen molar-refractivity contribution in [3.63, 3.8) is 0 Å². The van der Waals surface area contributed by atoms with Gasteiger partial charge in [-0.3, -0.25) is 14.6 Å². The smallest absolute Gasteiger partial charge is 0.408 e. The molecule has 18 heavy (non-hydrogen) atoms. The van der Waals surface area contributed by atoms with Crippen LogP contribution in [0.1, 0.15) is 5.56 Å². The molecule has 2 aromatic rings. The fraction of sp³-hybridized carbons (Fsp3) is 0.250. The molecular formula is C12H12N2O4. The Kier molecular flexibility index (Phi) is 3.27. The van der Waals surface area contributed by atoms with Crippen LogP contribution in [0, 0.1) is 0 Å². The van der Waals surface area contributed by atoms with Crippen LogP contribution < -0.4 is 5.76 Å². The van der Waals surface area contributed by atoms with Crippen molar-refractivity contribution >= 4 is 23.3 Å². The second-order valence-corrected chi connectivity index (χ2v) is 3.97. The third-order valence-electron chi connectivity index (χ3n) is 2.70. The Hall–Kier alpha value is -2.37. The monoisotopic (exact) mass is 248 g/mol. The number of rotatable bonds is 4. The van der Waals surface area contributed by atoms with E-state index in [9.17, 15) is 14.4 Å². The third kappa shape index (κ3) is 2.48. The summed E-state index contributed by atoms with van der Waals surface area (Å²) in [5.41, 5.74) is 2.05. The Labute approximate surface area is 102 Å². The van der Waals surface area contributed by atoms with Crippen LogP contribution >= 0.6 is 0 Å². The summed E-state index contributed by atoms with van der Waals surface area (Å²) >= 11 is 0. The third-order valence-corrected chi connectivity index (χ3v) is 2.70. The number of carbonyl (C=O) groups excluding carboxylic acids is 2. The van der Waals surface area contributed by atoms with Crippen LogP contribution in [-0.4, -0.2) is 35.7 Å². The summed E-state index contributed by atoms with van der Waals surface area (Å²) in [6.45, 7) is 0.428. The fourth-order valence-corrected chi connectivity index (χ4v) is 1.64. The van der Waals surface area contributed by atoms with E-state index in [1.165, 1.54) is 4.90 Å². The second kappa shape index (κ2) is 4.87. The highest BCUT2D eigenvalue weighted by atomic mass is 16.4. The largest absolute Gasteiger partial charge is 0.417 e. The lowest BCUT2D eigenvalue weighted by atomic mass is 10.1. The summed E-state index contributed by atoms with van der Waals surface area (Å²) in [6.07, 6.45) is 0.870. The van der Waals surface area contributed by atoms with Crippen molar-refractivity contribution in [3.05, 3.63) is 34.3 Å². The quantitative estimate of drug-likeness (QED) is 0.624. The number of amides is 1. The molecule has 94 valence electrons. The highest BCUT2D eigenvalue weighted by Crippen LogP contribution is 2.12. The molecule has 0 aliphatic heterocycles. The summed E-state index contributed by atoms with van der Waals surface area (Å²) < 4.78 is 4.94. The van der Waals surface area contributed by atoms with E-state index in [2.05, 4.69) is 4.98 Å². The molecule has 0 unspecified atom stereocenters. The molecule has 0 saturated heterocycles. The van der Waals surface area contributed by atoms with Gasteiger partial charge in [0.1, 0.15) is 0 Å². The molecule has 1 amide bonds. The van der Waals surface area contributed by atoms with Crippen LogP contribution in [0.4, 0.5) is 0 Å². The van der Waals surface area contributed by atoms with Crippen molar-refractivity contribution in [2.75, 3.05) is 13.6 Å². The Bertz CT molecular complexity index is 641. The number of nitrogens with zero attached hydrogens (tertiary/aromatic N) is 1. The highest BCUT2D eigenvalue weighted by Gasteiger charge is 2.07. The zero-order valence-electron chi connectivity index (χ0n) is 9.80. The number of carbonyl (C=O) groups is 2. The molecule has 0 radical (unpaired) electrons. The first-order valence-corrected chi connectivity index (χ1v) is 5.42. The van der Waals surface area contributed by atoms with E-state index >= 15 is 0 Å². The minimum atomic E-state index is -0.552. The average Bonchev–Trinajstić information content (AvgIpc) is 2.74. The number of aromatic amines is 1. The molecular weight excluding hydrogens is 236 g/mol. The van der Waals surface area contributed by atoms with Gasteiger partial charge in [-0.2, -0.15) is 0 Å². The minimum absolute atomic E-state index is 0.286. The molecule has 0 fully saturated rings. The van der Waals surface area contributed by atoms with E-state index in [0.717, 1.165) is 5.56 Å². The van der Waals surface area contributed by atoms with Crippen LogP contribution in [0.15, 0.2) is 27.4 Å². The van der Waals surface area contributed by atoms with Gasteiger partial charge in [-0.25, -0.2) is 4.79 Å². The predicted molar refractivity (Wildman–Crippen MR) is 64.2 cm³/mol. The van der Waals surface area contributed by atoms with Gasteiger partial charge < -0.3 is 9.32 Å². The van der Waals surface area contributed by atoms with Crippen molar-refractivity contribution < 1.29 is 14.0 Å². The number of benzene rings is 1. The zero-order chi connectivity index (χ0) is 13.1. The van der Waals surface area contributed by atoms with Gasteiger partial charge >= 0.3 is 5.76 Å². The number of likely N-dealkylation sites (N-methyl/N-ethyl adjacent to an activating group) is 1. The van der Waals surface area contributed by atoms with Gasteiger partial charge in [0.2, 0.25) is 6.29 Å². The molecule has 1 aromatic carbocycles. The van der Waals surface area contributed by atoms with Gasteiger partial charge in [0.25, 0.3) is 5.91 Å². The molecule has 1 aromatic heterocycles. The summed E-state index contributed by atoms with van der Waals surface area (Å²) in [4.78, 5) is 36.2. The number of aromatic nitrogens is 1. The second-order valence-electron chi connectivity index (χ2n) is 3.97. The topological polar surface area (TPSA) is 83.4 Å². The van der Waals surface area contributed by atoms with Gasteiger partial charge in [0.15, 0.2) is 5.58 Å². The van der Waals surface area contributed by atoms with E-state index in [1.54, 1.807) is 19.2 Å². The van der Waals surface area contributed by atoms with Gasteiger partial charge in [-0.15, -0.1) is 0 Å². The Morgan fingerprint density at radius 3 is 3.00 bits per heavy atom. The normalized spacial score (nSPS) is 10.5. The molecule has 0 aliphatic carbocycles. The van der Waals surface area contributed by atoms with Crippen molar-refractivity contribution in [1.29, 1.82) is 0 Å². The first-order valence-electron chi connectivity index (χ1n) is 5.42. The Morgan fingerprint density at radius 2 is 2.28 bits per heavy atom. The lowest BCUT2D eigenvalue weighted by Crippen LogP contribution is -2.29. The van der Waals surface area contributed by atoms with E-state index in [0.29, 0.717) is 24.1 Å². The van der Waals surface area contributed by atoms with Crippen LogP contribution in [0.2, 0.25) is 0 Å². The molecule has 6 nitrogen and oxygen atoms in total. The van der Waals surface area contributed by atoms with Gasteiger partial charge in [-0.05, 0) is 24.1 Å². The maximum Gasteiger partial charge on any atom is 0.417 e. The van der Waals surface area contributed by atoms with E-state index < -0.39 is 11.7 Å². The summed E-state index contributed by atoms with van der Waals surface area (Å²) in [7, 11) is 1.56. The van der Waals surface area contributed by atoms with Gasteiger partial charge in [0.05, 0.1) is 5.52 Å². The van der Waals surface area contributed by atoms with Crippen molar-refractivity contribution in [2.45, 2.75) is 6.42 Å². The minimum Gasteiger partial charge on any atom is -0.408 e. The number of hydrogen-bond acceptors (Lipinski definition) is 4. The van der Waals surface area contributed by atoms with E-state index in [4.69, 9.17) is 4.42 Å². The number of hydrogen-bond donors (Lipinski definition) is 1. The molecule has 2 rings (SSSR count). The lowest BCUT2D eigenvalue weighted by molar-refractivity contribution is -0.137. The molecule has 0 spiro atoms. The Morgan fingerprint density at radius 1 is 1.50 bits per heavy atom. The number of H-pyrrole nitrogens is 1. The average molecular weight is 248 g/mol. The predicted octanol–water partition coefficient (Wildman–Crippen LogP) is 0.321. The summed E-state index contributed by atoms with van der Waals surface area (Å²) in [5, 5.41) is 0. The summed E-state index contributed by atoms with van der Waals surface area (Å²) in [6, 6.07) is 5.33. The number of aldehydes is 1. The standard InChI is InChI=1S/C12H12N2O4/c1-14(11(16)7-15)5-4-8-2-3-9-10(6-8)18-12(17)13-9/h2-3,6-7H,4-5H2,1H3,(H,13,17). The van der Waals surface area contributed by atoms with Crippen molar-refractivity contribution in [3.8, 4) is 0 Å². The molecule has 0 aliphatic rings. The van der Waals surface area contributed by atoms with Crippen LogP contribution in [0.25, 0.3) is 11.1 Å². The van der Waals surface area contributed by atoms with Crippen LogP contribution in [0.3, 0.4) is 0 Å². The van der Waals surface area contributed by atoms with Gasteiger partial charge in [0, 0.05) is 13.6 Å². The van der Waals surface area contributed by atoms with Crippen LogP contribution in [-0.2, 0) is 16.0 Å². The number of oxazole rings is 1. The van der Waals surface area contributed by atoms with E-state index in [1.807, 2.05) is 6.07 Å². The molecule has 0 atom stereocenters. The number of nitrogens with one attached hydrogen (secondary N) is 1. The fourth-order valence-electron chi connectivity index (χ4n) is 1.64. The lowest BCUT2D eigenvalue weighted by Gasteiger charge is -2.13. The first-order chi connectivity index (χ1) is 8.60. The molecule has 1 heterocycles. The summed E-state index contributed by atoms with van der Waals surface area (Å²) in [5.74, 6) is -1.04. The zero-order valence-corrected chi connectivity index (χ0v) is 9.80. The maximum atomic E-state index is 11.0. The number of fused-ring (bicyclic) bond motifs is 1. The highest BCUT2D eigenvalue weighted by molar-refractivity contribution is 6.23. The van der Waals surface area contributed by atoms with Crippen molar-refractivity contribution in [1.82, 2.24) is 9.88 Å². The SMILES string of the molecule is CN(CCc1ccc2[nH]c(=O)oc2c1)C(=O)C=O. The molecule has 6 heteroatoms. The Balaban J connectivity index is 2.10. The first kappa shape index (κ1) is 12.1.